The molecule has 26 heavy (non-hydrogen) atoms. The van der Waals surface area contributed by atoms with Gasteiger partial charge in [0.05, 0.1) is 12.2 Å². The number of aryl methyl sites for hydroxylation is 1. The summed E-state index contributed by atoms with van der Waals surface area (Å²) in [6.07, 6.45) is 4.63. The third-order valence-corrected chi connectivity index (χ3v) is 5.13. The number of piperidine rings is 1. The Hall–Kier alpha value is -2.21. The molecule has 1 aromatic heterocycles. The second kappa shape index (κ2) is 8.45. The molecule has 0 atom stereocenters. The van der Waals surface area contributed by atoms with E-state index in [-0.39, 0.29) is 11.5 Å². The maximum Gasteiger partial charge on any atom is 0.256 e. The maximum absolute atomic E-state index is 13.8. The molecule has 1 amide bonds. The van der Waals surface area contributed by atoms with Gasteiger partial charge in [-0.05, 0) is 37.8 Å². The molecule has 0 unspecified atom stereocenters. The van der Waals surface area contributed by atoms with Gasteiger partial charge in [0.1, 0.15) is 11.6 Å². The summed E-state index contributed by atoms with van der Waals surface area (Å²) < 4.78 is 21.2. The summed E-state index contributed by atoms with van der Waals surface area (Å²) >= 11 is 0. The molecule has 5 nitrogen and oxygen atoms in total. The normalized spacial score (nSPS) is 15.4. The van der Waals surface area contributed by atoms with Gasteiger partial charge in [0, 0.05) is 45.1 Å². The molecule has 1 fully saturated rings. The molecular weight excluding hydrogens is 333 g/mol. The summed E-state index contributed by atoms with van der Waals surface area (Å²) in [5, 5.41) is 0. The number of likely N-dealkylation sites (tertiary alicyclic amines) is 1. The van der Waals surface area contributed by atoms with Crippen molar-refractivity contribution in [3.8, 4) is 0 Å². The molecule has 0 bridgehead atoms. The van der Waals surface area contributed by atoms with Crippen LogP contribution in [0.15, 0.2) is 30.5 Å². The number of hydrogen-bond donors (Lipinski definition) is 0. The van der Waals surface area contributed by atoms with Crippen LogP contribution in [0.4, 0.5) is 4.39 Å². The first-order chi connectivity index (χ1) is 12.6. The van der Waals surface area contributed by atoms with Crippen LogP contribution in [-0.2, 0) is 17.7 Å². The van der Waals surface area contributed by atoms with Crippen molar-refractivity contribution < 1.29 is 13.9 Å². The number of imidazole rings is 1. The Kier molecular flexibility index (Phi) is 6.04. The zero-order valence-electron chi connectivity index (χ0n) is 15.4. The average molecular weight is 359 g/mol. The number of carbonyl (C=O) groups is 1. The van der Waals surface area contributed by atoms with Gasteiger partial charge < -0.3 is 14.2 Å². The molecule has 3 rings (SSSR count). The van der Waals surface area contributed by atoms with E-state index in [4.69, 9.17) is 4.74 Å². The molecule has 6 heteroatoms. The smallest absolute Gasteiger partial charge is 0.256 e. The Morgan fingerprint density at radius 1 is 1.31 bits per heavy atom. The monoisotopic (exact) mass is 359 g/mol. The van der Waals surface area contributed by atoms with Crippen LogP contribution in [0.2, 0.25) is 0 Å². The van der Waals surface area contributed by atoms with Gasteiger partial charge in [0.25, 0.3) is 5.91 Å². The van der Waals surface area contributed by atoms with E-state index in [0.717, 1.165) is 37.3 Å². The first kappa shape index (κ1) is 18.6. The predicted molar refractivity (Wildman–Crippen MR) is 97.6 cm³/mol. The number of aromatic nitrogens is 2. The van der Waals surface area contributed by atoms with Crippen LogP contribution in [0, 0.1) is 18.7 Å². The van der Waals surface area contributed by atoms with E-state index in [1.54, 1.807) is 30.2 Å². The predicted octanol–water partition coefficient (Wildman–Crippen LogP) is 3.07. The van der Waals surface area contributed by atoms with E-state index < -0.39 is 5.82 Å². The molecule has 1 aliphatic heterocycles. The minimum Gasteiger partial charge on any atom is -0.383 e. The second-order valence-corrected chi connectivity index (χ2v) is 6.88. The highest BCUT2D eigenvalue weighted by atomic mass is 19.1. The summed E-state index contributed by atoms with van der Waals surface area (Å²) in [4.78, 5) is 18.8. The van der Waals surface area contributed by atoms with E-state index in [1.165, 1.54) is 6.07 Å². The molecule has 0 saturated carbocycles. The number of hydrogen-bond acceptors (Lipinski definition) is 3. The van der Waals surface area contributed by atoms with Gasteiger partial charge in [0.2, 0.25) is 0 Å². The number of ether oxygens (including phenoxy) is 1. The minimum atomic E-state index is -0.449. The summed E-state index contributed by atoms with van der Waals surface area (Å²) in [6.45, 7) is 4.86. The number of nitrogens with zero attached hydrogens (tertiary/aromatic N) is 3. The standard InChI is InChI=1S/C20H26FN3O2/c1-15-14-22-19(24(15)11-12-26-2)13-16-7-9-23(10-8-16)20(25)17-5-3-4-6-18(17)21/h3-6,14,16H,7-13H2,1-2H3. The Labute approximate surface area is 153 Å². The van der Waals surface area contributed by atoms with Gasteiger partial charge in [-0.15, -0.1) is 0 Å². The third kappa shape index (κ3) is 4.12. The fourth-order valence-corrected chi connectivity index (χ4v) is 3.57. The number of amides is 1. The molecule has 1 aliphatic rings. The number of halogens is 1. The fourth-order valence-electron chi connectivity index (χ4n) is 3.57. The van der Waals surface area contributed by atoms with Crippen LogP contribution in [0.25, 0.3) is 0 Å². The van der Waals surface area contributed by atoms with E-state index in [9.17, 15) is 9.18 Å². The molecule has 0 N–H and O–H groups in total. The van der Waals surface area contributed by atoms with E-state index in [2.05, 4.69) is 16.5 Å². The summed E-state index contributed by atoms with van der Waals surface area (Å²) in [5.41, 5.74) is 1.31. The van der Waals surface area contributed by atoms with Gasteiger partial charge in [-0.3, -0.25) is 4.79 Å². The summed E-state index contributed by atoms with van der Waals surface area (Å²) in [5.74, 6) is 0.912. The molecule has 2 aromatic rings. The molecule has 0 aliphatic carbocycles. The van der Waals surface area contributed by atoms with Crippen LogP contribution < -0.4 is 0 Å². The van der Waals surface area contributed by atoms with Crippen LogP contribution in [0.1, 0.15) is 34.7 Å². The van der Waals surface area contributed by atoms with Gasteiger partial charge in [0.15, 0.2) is 0 Å². The van der Waals surface area contributed by atoms with Gasteiger partial charge in [-0.25, -0.2) is 9.37 Å². The lowest BCUT2D eigenvalue weighted by Gasteiger charge is -2.32. The van der Waals surface area contributed by atoms with E-state index in [1.807, 2.05) is 6.20 Å². The summed E-state index contributed by atoms with van der Waals surface area (Å²) in [6, 6.07) is 6.19. The molecule has 1 aromatic carbocycles. The fraction of sp³-hybridized carbons (Fsp3) is 0.500. The molecule has 2 heterocycles. The van der Waals surface area contributed by atoms with Crippen molar-refractivity contribution in [3.63, 3.8) is 0 Å². The maximum atomic E-state index is 13.8. The zero-order valence-corrected chi connectivity index (χ0v) is 15.4. The first-order valence-electron chi connectivity index (χ1n) is 9.14. The third-order valence-electron chi connectivity index (χ3n) is 5.13. The van der Waals surface area contributed by atoms with Crippen molar-refractivity contribution in [1.82, 2.24) is 14.5 Å². The Balaban J connectivity index is 1.58. The quantitative estimate of drug-likeness (QED) is 0.796. The van der Waals surface area contributed by atoms with E-state index in [0.29, 0.717) is 25.6 Å². The van der Waals surface area contributed by atoms with Crippen molar-refractivity contribution in [2.75, 3.05) is 26.8 Å². The van der Waals surface area contributed by atoms with Crippen molar-refractivity contribution in [2.24, 2.45) is 5.92 Å². The minimum absolute atomic E-state index is 0.164. The SMILES string of the molecule is COCCn1c(C)cnc1CC1CCN(C(=O)c2ccccc2F)CC1. The highest BCUT2D eigenvalue weighted by Crippen LogP contribution is 2.23. The van der Waals surface area contributed by atoms with Gasteiger partial charge in [-0.1, -0.05) is 12.1 Å². The van der Waals surface area contributed by atoms with Crippen LogP contribution in [0.5, 0.6) is 0 Å². The van der Waals surface area contributed by atoms with Crippen LogP contribution in [-0.4, -0.2) is 47.2 Å². The summed E-state index contributed by atoms with van der Waals surface area (Å²) in [7, 11) is 1.70. The van der Waals surface area contributed by atoms with E-state index >= 15 is 0 Å². The van der Waals surface area contributed by atoms with Crippen molar-refractivity contribution >= 4 is 5.91 Å². The first-order valence-corrected chi connectivity index (χ1v) is 9.14. The lowest BCUT2D eigenvalue weighted by atomic mass is 9.92. The molecule has 0 spiro atoms. The Morgan fingerprint density at radius 3 is 2.73 bits per heavy atom. The van der Waals surface area contributed by atoms with Crippen LogP contribution >= 0.6 is 0 Å². The number of methoxy groups -OCH3 is 1. The molecule has 140 valence electrons. The lowest BCUT2D eigenvalue weighted by Crippen LogP contribution is -2.39. The second-order valence-electron chi connectivity index (χ2n) is 6.88. The van der Waals surface area contributed by atoms with Crippen molar-refractivity contribution in [3.05, 3.63) is 53.4 Å². The number of rotatable bonds is 6. The highest BCUT2D eigenvalue weighted by Gasteiger charge is 2.26. The molecule has 1 saturated heterocycles. The topological polar surface area (TPSA) is 47.4 Å². The van der Waals surface area contributed by atoms with Crippen molar-refractivity contribution in [1.29, 1.82) is 0 Å². The highest BCUT2D eigenvalue weighted by molar-refractivity contribution is 5.94. The van der Waals surface area contributed by atoms with Gasteiger partial charge >= 0.3 is 0 Å². The Bertz CT molecular complexity index is 751. The zero-order chi connectivity index (χ0) is 18.5. The van der Waals surface area contributed by atoms with Crippen LogP contribution in [0.3, 0.4) is 0 Å². The number of carbonyl (C=O) groups excluding carboxylic acids is 1. The average Bonchev–Trinajstić information content (AvgIpc) is 3.00. The molecule has 0 radical (unpaired) electrons. The Morgan fingerprint density at radius 2 is 2.04 bits per heavy atom. The number of benzene rings is 1. The lowest BCUT2D eigenvalue weighted by molar-refractivity contribution is 0.0684. The molecular formula is C20H26FN3O2. The van der Waals surface area contributed by atoms with Gasteiger partial charge in [-0.2, -0.15) is 0 Å². The van der Waals surface area contributed by atoms with Crippen molar-refractivity contribution in [2.45, 2.75) is 32.7 Å². The largest absolute Gasteiger partial charge is 0.383 e.